The highest BCUT2D eigenvalue weighted by atomic mass is 32.2. The Bertz CT molecular complexity index is 654. The van der Waals surface area contributed by atoms with E-state index in [2.05, 4.69) is 0 Å². The zero-order chi connectivity index (χ0) is 15.6. The lowest BCUT2D eigenvalue weighted by Crippen LogP contribution is -2.34. The molecular formula is C12H13F2NO5S. The Morgan fingerprint density at radius 3 is 2.62 bits per heavy atom. The summed E-state index contributed by atoms with van der Waals surface area (Å²) in [6.45, 7) is 0.612. The standard InChI is InChI=1S/C12H13F2NO5S/c13-9-6-8(12(16)17)7-10(11(9)14)21(18,19)15-2-1-4-20-5-3-15/h6-7H,1-5H2,(H,16,17). The zero-order valence-electron chi connectivity index (χ0n) is 10.9. The summed E-state index contributed by atoms with van der Waals surface area (Å²) in [5, 5.41) is 8.83. The van der Waals surface area contributed by atoms with Gasteiger partial charge in [-0.05, 0) is 18.6 Å². The van der Waals surface area contributed by atoms with E-state index in [-0.39, 0.29) is 19.7 Å². The molecule has 0 aromatic heterocycles. The number of ether oxygens (including phenoxy) is 1. The molecular weight excluding hydrogens is 308 g/mol. The van der Waals surface area contributed by atoms with Crippen LogP contribution in [-0.2, 0) is 14.8 Å². The van der Waals surface area contributed by atoms with Crippen molar-refractivity contribution in [3.8, 4) is 0 Å². The molecule has 6 nitrogen and oxygen atoms in total. The van der Waals surface area contributed by atoms with E-state index in [1.807, 2.05) is 0 Å². The molecule has 2 rings (SSSR count). The minimum atomic E-state index is -4.32. The van der Waals surface area contributed by atoms with Gasteiger partial charge in [0.2, 0.25) is 10.0 Å². The fourth-order valence-corrected chi connectivity index (χ4v) is 3.54. The third-order valence-corrected chi connectivity index (χ3v) is 4.94. The number of rotatable bonds is 3. The van der Waals surface area contributed by atoms with E-state index in [4.69, 9.17) is 9.84 Å². The van der Waals surface area contributed by atoms with E-state index in [1.165, 1.54) is 0 Å². The van der Waals surface area contributed by atoms with Gasteiger partial charge in [0.1, 0.15) is 4.90 Å². The molecule has 0 aliphatic carbocycles. The van der Waals surface area contributed by atoms with Crippen LogP contribution in [0.3, 0.4) is 0 Å². The summed E-state index contributed by atoms with van der Waals surface area (Å²) in [5.41, 5.74) is -0.626. The minimum Gasteiger partial charge on any atom is -0.478 e. The molecule has 1 N–H and O–H groups in total. The van der Waals surface area contributed by atoms with E-state index in [0.29, 0.717) is 25.2 Å². The van der Waals surface area contributed by atoms with Gasteiger partial charge in [-0.15, -0.1) is 0 Å². The van der Waals surface area contributed by atoms with Crippen molar-refractivity contribution in [3.63, 3.8) is 0 Å². The van der Waals surface area contributed by atoms with Crippen LogP contribution in [0.25, 0.3) is 0 Å². The highest BCUT2D eigenvalue weighted by Gasteiger charge is 2.30. The highest BCUT2D eigenvalue weighted by molar-refractivity contribution is 7.89. The van der Waals surface area contributed by atoms with Crippen molar-refractivity contribution in [1.29, 1.82) is 0 Å². The van der Waals surface area contributed by atoms with Crippen LogP contribution in [0.2, 0.25) is 0 Å². The van der Waals surface area contributed by atoms with E-state index < -0.39 is 38.1 Å². The summed E-state index contributed by atoms with van der Waals surface area (Å²) in [6, 6.07) is 1.07. The molecule has 116 valence electrons. The number of hydrogen-bond acceptors (Lipinski definition) is 4. The molecule has 1 saturated heterocycles. The molecule has 1 aromatic rings. The van der Waals surface area contributed by atoms with Crippen LogP contribution in [0.5, 0.6) is 0 Å². The number of halogens is 2. The Hall–Kier alpha value is -1.58. The lowest BCUT2D eigenvalue weighted by molar-refractivity contribution is 0.0696. The fourth-order valence-electron chi connectivity index (χ4n) is 1.98. The first-order valence-corrected chi connectivity index (χ1v) is 7.58. The minimum absolute atomic E-state index is 0.000686. The monoisotopic (exact) mass is 321 g/mol. The van der Waals surface area contributed by atoms with Crippen molar-refractivity contribution in [1.82, 2.24) is 4.31 Å². The Morgan fingerprint density at radius 1 is 1.24 bits per heavy atom. The summed E-state index contributed by atoms with van der Waals surface area (Å²) in [4.78, 5) is 9.89. The number of aromatic carboxylic acids is 1. The Morgan fingerprint density at radius 2 is 1.95 bits per heavy atom. The third-order valence-electron chi connectivity index (χ3n) is 3.04. The lowest BCUT2D eigenvalue weighted by atomic mass is 10.2. The topological polar surface area (TPSA) is 83.9 Å². The number of carboxylic acid groups (broad SMARTS) is 1. The second-order valence-electron chi connectivity index (χ2n) is 4.45. The second-order valence-corrected chi connectivity index (χ2v) is 6.35. The van der Waals surface area contributed by atoms with E-state index >= 15 is 0 Å². The van der Waals surface area contributed by atoms with Crippen molar-refractivity contribution >= 4 is 16.0 Å². The number of carbonyl (C=O) groups is 1. The van der Waals surface area contributed by atoms with Gasteiger partial charge in [-0.3, -0.25) is 0 Å². The van der Waals surface area contributed by atoms with E-state index in [9.17, 15) is 22.0 Å². The molecule has 1 aromatic carbocycles. The quantitative estimate of drug-likeness (QED) is 0.900. The number of carboxylic acids is 1. The predicted octanol–water partition coefficient (Wildman–Crippen LogP) is 1.07. The fraction of sp³-hybridized carbons (Fsp3) is 0.417. The Balaban J connectivity index is 2.50. The van der Waals surface area contributed by atoms with Crippen molar-refractivity contribution < 1.29 is 31.8 Å². The molecule has 1 heterocycles. The first-order chi connectivity index (χ1) is 9.84. The van der Waals surface area contributed by atoms with Gasteiger partial charge in [-0.2, -0.15) is 4.31 Å². The van der Waals surface area contributed by atoms with Crippen molar-refractivity contribution in [3.05, 3.63) is 29.3 Å². The molecule has 0 unspecified atom stereocenters. The van der Waals surface area contributed by atoms with Crippen molar-refractivity contribution in [2.24, 2.45) is 0 Å². The van der Waals surface area contributed by atoms with Gasteiger partial charge in [0.25, 0.3) is 0 Å². The van der Waals surface area contributed by atoms with Gasteiger partial charge in [-0.1, -0.05) is 0 Å². The molecule has 0 amide bonds. The molecule has 1 aliphatic heterocycles. The van der Waals surface area contributed by atoms with Gasteiger partial charge in [-0.25, -0.2) is 22.0 Å². The molecule has 0 spiro atoms. The van der Waals surface area contributed by atoms with Gasteiger partial charge in [0.05, 0.1) is 12.2 Å². The molecule has 0 radical (unpaired) electrons. The lowest BCUT2D eigenvalue weighted by Gasteiger charge is -2.20. The van der Waals surface area contributed by atoms with Crippen LogP contribution in [0.15, 0.2) is 17.0 Å². The average molecular weight is 321 g/mol. The van der Waals surface area contributed by atoms with Gasteiger partial charge >= 0.3 is 5.97 Å². The number of benzene rings is 1. The maximum absolute atomic E-state index is 13.8. The summed E-state index contributed by atoms with van der Waals surface area (Å²) < 4.78 is 58.0. The molecule has 9 heteroatoms. The van der Waals surface area contributed by atoms with Crippen LogP contribution in [-0.4, -0.2) is 50.1 Å². The summed E-state index contributed by atoms with van der Waals surface area (Å²) in [5.74, 6) is -4.63. The smallest absolute Gasteiger partial charge is 0.335 e. The number of hydrogen-bond donors (Lipinski definition) is 1. The zero-order valence-corrected chi connectivity index (χ0v) is 11.7. The number of sulfonamides is 1. The van der Waals surface area contributed by atoms with Gasteiger partial charge in [0.15, 0.2) is 11.6 Å². The van der Waals surface area contributed by atoms with Crippen LogP contribution in [0.4, 0.5) is 8.78 Å². The molecule has 1 fully saturated rings. The average Bonchev–Trinajstić information content (AvgIpc) is 2.70. The van der Waals surface area contributed by atoms with E-state index in [1.54, 1.807) is 0 Å². The first-order valence-electron chi connectivity index (χ1n) is 6.14. The van der Waals surface area contributed by atoms with Crippen molar-refractivity contribution in [2.75, 3.05) is 26.3 Å². The maximum atomic E-state index is 13.8. The Labute approximate surface area is 120 Å². The second kappa shape index (κ2) is 6.04. The van der Waals surface area contributed by atoms with Gasteiger partial charge in [0, 0.05) is 19.7 Å². The molecule has 0 bridgehead atoms. The van der Waals surface area contributed by atoms with Crippen LogP contribution in [0, 0.1) is 11.6 Å². The molecule has 1 aliphatic rings. The van der Waals surface area contributed by atoms with Gasteiger partial charge < -0.3 is 9.84 Å². The van der Waals surface area contributed by atoms with Crippen molar-refractivity contribution in [2.45, 2.75) is 11.3 Å². The van der Waals surface area contributed by atoms with Crippen LogP contribution < -0.4 is 0 Å². The largest absolute Gasteiger partial charge is 0.478 e. The molecule has 0 atom stereocenters. The SMILES string of the molecule is O=C(O)c1cc(F)c(F)c(S(=O)(=O)N2CCCOCC2)c1. The summed E-state index contributed by atoms with van der Waals surface area (Å²) >= 11 is 0. The Kier molecular flexibility index (Phi) is 4.55. The predicted molar refractivity (Wildman–Crippen MR) is 67.5 cm³/mol. The molecule has 0 saturated carbocycles. The van der Waals surface area contributed by atoms with Crippen LogP contribution in [0.1, 0.15) is 16.8 Å². The van der Waals surface area contributed by atoms with Crippen LogP contribution >= 0.6 is 0 Å². The highest BCUT2D eigenvalue weighted by Crippen LogP contribution is 2.24. The van der Waals surface area contributed by atoms with E-state index in [0.717, 1.165) is 4.31 Å². The normalized spacial score (nSPS) is 17.4. The first kappa shape index (κ1) is 15.8. The summed E-state index contributed by atoms with van der Waals surface area (Å²) in [6.07, 6.45) is 0.419. The maximum Gasteiger partial charge on any atom is 0.335 e. The third kappa shape index (κ3) is 3.20. The molecule has 21 heavy (non-hydrogen) atoms. The number of nitrogens with zero attached hydrogens (tertiary/aromatic N) is 1. The summed E-state index contributed by atoms with van der Waals surface area (Å²) in [7, 11) is -4.32.